The zero-order chi connectivity index (χ0) is 23.4. The van der Waals surface area contributed by atoms with E-state index < -0.39 is 0 Å². The van der Waals surface area contributed by atoms with Crippen LogP contribution in [0.15, 0.2) is 23.6 Å². The molecule has 5 rings (SSSR count). The number of thiophene rings is 1. The summed E-state index contributed by atoms with van der Waals surface area (Å²) in [5.41, 5.74) is 3.81. The molecule has 7 nitrogen and oxygen atoms in total. The van der Waals surface area contributed by atoms with Crippen LogP contribution < -0.4 is 19.1 Å². The lowest BCUT2D eigenvalue weighted by molar-refractivity contribution is 0.0984. The highest BCUT2D eigenvalue weighted by atomic mass is 35.5. The second kappa shape index (κ2) is 8.04. The third-order valence-corrected chi connectivity index (χ3v) is 7.70. The predicted molar refractivity (Wildman–Crippen MR) is 131 cm³/mol. The van der Waals surface area contributed by atoms with Gasteiger partial charge in [0, 0.05) is 35.2 Å². The lowest BCUT2D eigenvalue weighted by Crippen LogP contribution is -2.30. The fourth-order valence-electron chi connectivity index (χ4n) is 4.74. The van der Waals surface area contributed by atoms with E-state index in [0.717, 1.165) is 26.6 Å². The van der Waals surface area contributed by atoms with Crippen molar-refractivity contribution >= 4 is 55.5 Å². The maximum absolute atomic E-state index is 13.7. The summed E-state index contributed by atoms with van der Waals surface area (Å²) in [6, 6.07) is 5.24. The number of amides is 1. The Morgan fingerprint density at radius 3 is 2.64 bits per heavy atom. The van der Waals surface area contributed by atoms with Crippen LogP contribution in [0.25, 0.3) is 21.0 Å². The van der Waals surface area contributed by atoms with Gasteiger partial charge >= 0.3 is 0 Å². The van der Waals surface area contributed by atoms with E-state index in [-0.39, 0.29) is 17.6 Å². The van der Waals surface area contributed by atoms with Crippen molar-refractivity contribution in [3.63, 3.8) is 0 Å². The molecule has 4 aromatic rings. The van der Waals surface area contributed by atoms with Gasteiger partial charge in [-0.3, -0.25) is 4.79 Å². The van der Waals surface area contributed by atoms with Gasteiger partial charge in [-0.1, -0.05) is 0 Å². The van der Waals surface area contributed by atoms with E-state index in [1.165, 1.54) is 25.6 Å². The van der Waals surface area contributed by atoms with Crippen LogP contribution in [0.4, 0.5) is 5.69 Å². The van der Waals surface area contributed by atoms with Crippen molar-refractivity contribution in [2.45, 2.75) is 12.8 Å². The maximum atomic E-state index is 13.7. The maximum Gasteiger partial charge on any atom is 0.274 e. The van der Waals surface area contributed by atoms with Crippen LogP contribution in [0.1, 0.15) is 27.5 Å². The number of benzene rings is 2. The van der Waals surface area contributed by atoms with Crippen molar-refractivity contribution in [2.75, 3.05) is 38.7 Å². The number of H-pyrrole nitrogens is 1. The first-order chi connectivity index (χ1) is 15.9. The Labute approximate surface area is 199 Å². The number of fused-ring (bicyclic) bond motifs is 4. The van der Waals surface area contributed by atoms with Gasteiger partial charge in [-0.15, -0.1) is 22.9 Å². The Balaban J connectivity index is 1.65. The topological polar surface area (TPSA) is 84.0 Å². The average molecular weight is 487 g/mol. The van der Waals surface area contributed by atoms with Crippen LogP contribution in [0.3, 0.4) is 0 Å². The summed E-state index contributed by atoms with van der Waals surface area (Å²) < 4.78 is 17.3. The quantitative estimate of drug-likeness (QED) is 0.369. The summed E-state index contributed by atoms with van der Waals surface area (Å²) >= 11 is 7.83. The van der Waals surface area contributed by atoms with Crippen LogP contribution in [-0.4, -0.2) is 49.8 Å². The normalized spacial score (nSPS) is 15.3. The molecule has 1 atom stereocenters. The minimum absolute atomic E-state index is 0.0267. The van der Waals surface area contributed by atoms with Gasteiger partial charge in [-0.2, -0.15) is 0 Å². The number of alkyl halides is 1. The molecule has 1 aliphatic heterocycles. The molecule has 1 unspecified atom stereocenters. The van der Waals surface area contributed by atoms with Gasteiger partial charge in [0.1, 0.15) is 11.4 Å². The van der Waals surface area contributed by atoms with E-state index in [1.54, 1.807) is 30.2 Å². The number of aromatic hydroxyl groups is 1. The summed E-state index contributed by atoms with van der Waals surface area (Å²) in [4.78, 5) is 18.6. The molecule has 2 aromatic carbocycles. The van der Waals surface area contributed by atoms with E-state index in [1.807, 2.05) is 12.3 Å². The highest BCUT2D eigenvalue weighted by Crippen LogP contribution is 2.49. The fraction of sp³-hybridized carbons (Fsp3) is 0.292. The summed E-state index contributed by atoms with van der Waals surface area (Å²) in [5, 5.41) is 14.4. The first-order valence-electron chi connectivity index (χ1n) is 10.4. The summed E-state index contributed by atoms with van der Waals surface area (Å²) in [6.45, 7) is 2.45. The number of aromatic amines is 1. The van der Waals surface area contributed by atoms with Crippen LogP contribution in [0, 0.1) is 6.92 Å². The Bertz CT molecular complexity index is 1410. The number of carbonyl (C=O) groups excluding carboxylic acids is 1. The van der Waals surface area contributed by atoms with Gasteiger partial charge in [-0.05, 0) is 35.6 Å². The third kappa shape index (κ3) is 3.12. The van der Waals surface area contributed by atoms with E-state index in [0.29, 0.717) is 46.6 Å². The number of hydrogen-bond donors (Lipinski definition) is 2. The SMILES string of the molecule is COc1cc2cc(C(=O)N3CC(CCl)c4c3cc(O)c3scc(C)c43)[nH]c2c(OC)c1OC. The van der Waals surface area contributed by atoms with Gasteiger partial charge in [-0.25, -0.2) is 0 Å². The number of phenolic OH excluding ortho intramolecular Hbond substituents is 1. The molecule has 0 fully saturated rings. The number of carbonyl (C=O) groups is 1. The van der Waals surface area contributed by atoms with E-state index in [2.05, 4.69) is 4.98 Å². The largest absolute Gasteiger partial charge is 0.506 e. The van der Waals surface area contributed by atoms with Crippen molar-refractivity contribution in [3.8, 4) is 23.0 Å². The minimum atomic E-state index is -0.216. The van der Waals surface area contributed by atoms with Crippen molar-refractivity contribution in [1.29, 1.82) is 0 Å². The minimum Gasteiger partial charge on any atom is -0.506 e. The van der Waals surface area contributed by atoms with Crippen molar-refractivity contribution in [3.05, 3.63) is 40.4 Å². The van der Waals surface area contributed by atoms with Crippen LogP contribution >= 0.6 is 22.9 Å². The molecule has 0 aliphatic carbocycles. The highest BCUT2D eigenvalue weighted by molar-refractivity contribution is 7.17. The third-order valence-electron chi connectivity index (χ3n) is 6.21. The molecule has 1 amide bonds. The van der Waals surface area contributed by atoms with Crippen molar-refractivity contribution < 1.29 is 24.1 Å². The molecule has 9 heteroatoms. The highest BCUT2D eigenvalue weighted by Gasteiger charge is 2.36. The summed E-state index contributed by atoms with van der Waals surface area (Å²) in [6.07, 6.45) is 0. The zero-order valence-electron chi connectivity index (χ0n) is 18.6. The molecular formula is C24H23ClN2O5S. The lowest BCUT2D eigenvalue weighted by atomic mass is 9.97. The van der Waals surface area contributed by atoms with E-state index in [4.69, 9.17) is 25.8 Å². The molecule has 172 valence electrons. The van der Waals surface area contributed by atoms with Crippen LogP contribution in [-0.2, 0) is 0 Å². The number of nitrogens with zero attached hydrogens (tertiary/aromatic N) is 1. The van der Waals surface area contributed by atoms with Gasteiger partial charge in [0.15, 0.2) is 11.5 Å². The molecule has 0 bridgehead atoms. The van der Waals surface area contributed by atoms with Gasteiger partial charge in [0.2, 0.25) is 5.75 Å². The van der Waals surface area contributed by atoms with Crippen molar-refractivity contribution in [1.82, 2.24) is 4.98 Å². The number of hydrogen-bond acceptors (Lipinski definition) is 6. The Hall–Kier alpha value is -3.10. The number of aromatic nitrogens is 1. The number of ether oxygens (including phenoxy) is 3. The second-order valence-corrected chi connectivity index (χ2v) is 9.20. The number of anilines is 1. The molecule has 0 radical (unpaired) electrons. The fourth-order valence-corrected chi connectivity index (χ4v) is 5.97. The number of phenols is 1. The Kier molecular flexibility index (Phi) is 5.29. The average Bonchev–Trinajstić information content (AvgIpc) is 3.52. The standard InChI is InChI=1S/C24H23ClN2O5S/c1-11-10-33-23-16(28)7-15-19(18(11)23)13(8-25)9-27(15)24(29)14-5-12-6-17(30-2)21(31-3)22(32-4)20(12)26-14/h5-7,10,13,26,28H,8-9H2,1-4H3. The van der Waals surface area contributed by atoms with Gasteiger partial charge in [0.25, 0.3) is 5.91 Å². The number of halogens is 1. The Morgan fingerprint density at radius 2 is 1.97 bits per heavy atom. The first-order valence-corrected chi connectivity index (χ1v) is 11.8. The second-order valence-electron chi connectivity index (χ2n) is 8.01. The van der Waals surface area contributed by atoms with Crippen LogP contribution in [0.5, 0.6) is 23.0 Å². The summed E-state index contributed by atoms with van der Waals surface area (Å²) in [7, 11) is 4.63. The predicted octanol–water partition coefficient (Wildman–Crippen LogP) is 5.41. The molecule has 2 aromatic heterocycles. The van der Waals surface area contributed by atoms with Gasteiger partial charge < -0.3 is 29.2 Å². The molecule has 2 N–H and O–H groups in total. The smallest absolute Gasteiger partial charge is 0.274 e. The van der Waals surface area contributed by atoms with Crippen molar-refractivity contribution in [2.24, 2.45) is 0 Å². The zero-order valence-corrected chi connectivity index (χ0v) is 20.2. The number of methoxy groups -OCH3 is 3. The molecule has 0 spiro atoms. The van der Waals surface area contributed by atoms with E-state index >= 15 is 0 Å². The number of rotatable bonds is 5. The first kappa shape index (κ1) is 21.7. The lowest BCUT2D eigenvalue weighted by Gasteiger charge is -2.17. The number of nitrogens with one attached hydrogen (secondary N) is 1. The molecule has 33 heavy (non-hydrogen) atoms. The Morgan fingerprint density at radius 1 is 1.21 bits per heavy atom. The van der Waals surface area contributed by atoms with Gasteiger partial charge in [0.05, 0.1) is 37.2 Å². The van der Waals surface area contributed by atoms with Crippen LogP contribution in [0.2, 0.25) is 0 Å². The monoisotopic (exact) mass is 486 g/mol. The number of aryl methyl sites for hydroxylation is 1. The molecule has 0 saturated carbocycles. The molecular weight excluding hydrogens is 464 g/mol. The molecule has 1 aliphatic rings. The van der Waals surface area contributed by atoms with E-state index in [9.17, 15) is 9.90 Å². The summed E-state index contributed by atoms with van der Waals surface area (Å²) in [5.74, 6) is 1.71. The molecule has 0 saturated heterocycles. The molecule has 3 heterocycles.